The molecule has 1 aliphatic rings. The van der Waals surface area contributed by atoms with Crippen LogP contribution in [0.4, 0.5) is 5.69 Å². The molecule has 1 N–H and O–H groups in total. The van der Waals surface area contributed by atoms with Crippen LogP contribution in [-0.2, 0) is 32.6 Å². The molecule has 1 fully saturated rings. The fourth-order valence-electron chi connectivity index (χ4n) is 5.73. The highest BCUT2D eigenvalue weighted by atomic mass is 79.9. The normalized spacial score (nSPS) is 14.0. The Morgan fingerprint density at radius 3 is 2.17 bits per heavy atom. The third-order valence-electron chi connectivity index (χ3n) is 8.31. The van der Waals surface area contributed by atoms with Crippen molar-refractivity contribution in [3.63, 3.8) is 0 Å². The molecule has 0 bridgehead atoms. The van der Waals surface area contributed by atoms with Gasteiger partial charge in [-0.3, -0.25) is 13.9 Å². The van der Waals surface area contributed by atoms with E-state index in [-0.39, 0.29) is 29.8 Å². The number of anilines is 1. The number of hydrogen-bond acceptors (Lipinski definition) is 4. The number of rotatable bonds is 12. The minimum atomic E-state index is -4.19. The SMILES string of the molecule is Cc1ccc(S(=O)(=O)N(CC(=O)N(Cc2ccc(Cl)c(Cl)c2)C(Cc2ccccc2)C(=O)NC2CCCC2)c2ccc(Br)cc2)cc1. The van der Waals surface area contributed by atoms with Crippen molar-refractivity contribution in [3.8, 4) is 0 Å². The molecule has 0 radical (unpaired) electrons. The molecule has 2 amide bonds. The summed E-state index contributed by atoms with van der Waals surface area (Å²) in [6, 6.07) is 26.8. The quantitative estimate of drug-likeness (QED) is 0.159. The third kappa shape index (κ3) is 8.96. The van der Waals surface area contributed by atoms with Crippen LogP contribution in [0.2, 0.25) is 10.0 Å². The Morgan fingerprint density at radius 2 is 1.53 bits per heavy atom. The lowest BCUT2D eigenvalue weighted by atomic mass is 10.0. The van der Waals surface area contributed by atoms with Gasteiger partial charge in [-0.15, -0.1) is 0 Å². The molecule has 0 spiro atoms. The second kappa shape index (κ2) is 15.7. The zero-order chi connectivity index (χ0) is 33.6. The van der Waals surface area contributed by atoms with E-state index in [1.54, 1.807) is 54.6 Å². The van der Waals surface area contributed by atoms with Gasteiger partial charge in [-0.1, -0.05) is 106 Å². The summed E-state index contributed by atoms with van der Waals surface area (Å²) < 4.78 is 30.2. The summed E-state index contributed by atoms with van der Waals surface area (Å²) in [7, 11) is -4.19. The summed E-state index contributed by atoms with van der Waals surface area (Å²) in [6.07, 6.45) is 4.03. The maximum Gasteiger partial charge on any atom is 0.264 e. The molecule has 1 aliphatic carbocycles. The topological polar surface area (TPSA) is 86.8 Å². The smallest absolute Gasteiger partial charge is 0.264 e. The molecule has 0 heterocycles. The van der Waals surface area contributed by atoms with Gasteiger partial charge in [0.1, 0.15) is 12.6 Å². The summed E-state index contributed by atoms with van der Waals surface area (Å²) in [6.45, 7) is 1.34. The van der Waals surface area contributed by atoms with Crippen LogP contribution in [0.5, 0.6) is 0 Å². The first kappa shape index (κ1) is 35.0. The van der Waals surface area contributed by atoms with Gasteiger partial charge in [0, 0.05) is 23.5 Å². The van der Waals surface area contributed by atoms with E-state index in [0.29, 0.717) is 21.3 Å². The molecule has 0 aromatic heterocycles. The van der Waals surface area contributed by atoms with Gasteiger partial charge in [0.25, 0.3) is 10.0 Å². The Hall–Kier alpha value is -3.37. The van der Waals surface area contributed by atoms with Crippen molar-refractivity contribution in [1.82, 2.24) is 10.2 Å². The van der Waals surface area contributed by atoms with Gasteiger partial charge in [-0.2, -0.15) is 0 Å². The lowest BCUT2D eigenvalue weighted by Gasteiger charge is -2.34. The second-order valence-corrected chi connectivity index (χ2v) is 15.4. The molecule has 246 valence electrons. The molecule has 1 atom stereocenters. The Labute approximate surface area is 295 Å². The van der Waals surface area contributed by atoms with Crippen LogP contribution in [0.1, 0.15) is 42.4 Å². The molecular formula is C36H36BrCl2N3O4S. The molecule has 1 unspecified atom stereocenters. The highest BCUT2D eigenvalue weighted by Crippen LogP contribution is 2.28. The Morgan fingerprint density at radius 1 is 0.872 bits per heavy atom. The Balaban J connectivity index is 1.57. The summed E-state index contributed by atoms with van der Waals surface area (Å²) in [5.74, 6) is -0.831. The Bertz CT molecular complexity index is 1800. The predicted octanol–water partition coefficient (Wildman–Crippen LogP) is 7.96. The van der Waals surface area contributed by atoms with Gasteiger partial charge in [0.2, 0.25) is 11.8 Å². The lowest BCUT2D eigenvalue weighted by Crippen LogP contribution is -2.54. The van der Waals surface area contributed by atoms with Crippen molar-refractivity contribution in [2.75, 3.05) is 10.8 Å². The first-order chi connectivity index (χ1) is 22.5. The predicted molar refractivity (Wildman–Crippen MR) is 191 cm³/mol. The molecule has 5 rings (SSSR count). The number of aryl methyl sites for hydroxylation is 1. The van der Waals surface area contributed by atoms with E-state index < -0.39 is 28.5 Å². The van der Waals surface area contributed by atoms with Crippen LogP contribution in [0, 0.1) is 6.92 Å². The van der Waals surface area contributed by atoms with Gasteiger partial charge in [-0.25, -0.2) is 8.42 Å². The van der Waals surface area contributed by atoms with Crippen molar-refractivity contribution in [1.29, 1.82) is 0 Å². The highest BCUT2D eigenvalue weighted by Gasteiger charge is 2.35. The van der Waals surface area contributed by atoms with Crippen molar-refractivity contribution in [2.24, 2.45) is 0 Å². The molecule has 0 saturated heterocycles. The average Bonchev–Trinajstić information content (AvgIpc) is 3.57. The number of nitrogens with one attached hydrogen (secondary N) is 1. The number of sulfonamides is 1. The molecule has 4 aromatic carbocycles. The largest absolute Gasteiger partial charge is 0.352 e. The van der Waals surface area contributed by atoms with E-state index in [0.717, 1.165) is 45.6 Å². The number of amides is 2. The van der Waals surface area contributed by atoms with Crippen molar-refractivity contribution < 1.29 is 18.0 Å². The summed E-state index contributed by atoms with van der Waals surface area (Å²) in [4.78, 5) is 30.3. The molecule has 7 nitrogen and oxygen atoms in total. The maximum atomic E-state index is 14.6. The Kier molecular flexibility index (Phi) is 11.7. The van der Waals surface area contributed by atoms with E-state index in [4.69, 9.17) is 23.2 Å². The van der Waals surface area contributed by atoms with Crippen LogP contribution in [0.15, 0.2) is 106 Å². The highest BCUT2D eigenvalue weighted by molar-refractivity contribution is 9.10. The zero-order valence-electron chi connectivity index (χ0n) is 25.9. The monoisotopic (exact) mass is 755 g/mol. The van der Waals surface area contributed by atoms with E-state index in [2.05, 4.69) is 21.2 Å². The fourth-order valence-corrected chi connectivity index (χ4v) is 7.73. The van der Waals surface area contributed by atoms with Gasteiger partial charge in [-0.05, 0) is 79.4 Å². The number of benzene rings is 4. The first-order valence-corrected chi connectivity index (χ1v) is 18.4. The van der Waals surface area contributed by atoms with Gasteiger partial charge >= 0.3 is 0 Å². The molecule has 1 saturated carbocycles. The summed E-state index contributed by atoms with van der Waals surface area (Å²) in [5, 5.41) is 3.85. The summed E-state index contributed by atoms with van der Waals surface area (Å²) >= 11 is 16.0. The zero-order valence-corrected chi connectivity index (χ0v) is 29.8. The van der Waals surface area contributed by atoms with Crippen LogP contribution < -0.4 is 9.62 Å². The van der Waals surface area contributed by atoms with Gasteiger partial charge < -0.3 is 10.2 Å². The number of carbonyl (C=O) groups excluding carboxylic acids is 2. The van der Waals surface area contributed by atoms with Crippen molar-refractivity contribution in [3.05, 3.63) is 128 Å². The van der Waals surface area contributed by atoms with Crippen molar-refractivity contribution >= 4 is 66.7 Å². The maximum absolute atomic E-state index is 14.6. The number of hydrogen-bond donors (Lipinski definition) is 1. The first-order valence-electron chi connectivity index (χ1n) is 15.4. The number of halogens is 3. The molecular weight excluding hydrogens is 721 g/mol. The van der Waals surface area contributed by atoms with Crippen molar-refractivity contribution in [2.45, 2.75) is 62.6 Å². The van der Waals surface area contributed by atoms with Crippen LogP contribution in [-0.4, -0.2) is 43.8 Å². The van der Waals surface area contributed by atoms with E-state index in [1.165, 1.54) is 17.0 Å². The van der Waals surface area contributed by atoms with Crippen LogP contribution in [0.25, 0.3) is 0 Å². The fraction of sp³-hybridized carbons (Fsp3) is 0.278. The lowest BCUT2D eigenvalue weighted by molar-refractivity contribution is -0.140. The molecule has 0 aliphatic heterocycles. The third-order valence-corrected chi connectivity index (χ3v) is 11.4. The standard InChI is InChI=1S/C36H36BrCl2N3O4S/c1-25-11-18-31(19-12-25)47(45,46)42(30-16-14-28(37)15-17-30)24-35(43)41(23-27-13-20-32(38)33(39)21-27)34(22-26-7-3-2-4-8-26)36(44)40-29-9-5-6-10-29/h2-4,7-8,11-21,29,34H,5-6,9-10,22-24H2,1H3,(H,40,44). The van der Waals surface area contributed by atoms with E-state index in [1.807, 2.05) is 37.3 Å². The molecule has 11 heteroatoms. The molecule has 47 heavy (non-hydrogen) atoms. The van der Waals surface area contributed by atoms with Gasteiger partial charge in [0.05, 0.1) is 20.6 Å². The average molecular weight is 758 g/mol. The number of nitrogens with zero attached hydrogens (tertiary/aromatic N) is 2. The van der Waals surface area contributed by atoms with E-state index in [9.17, 15) is 18.0 Å². The van der Waals surface area contributed by atoms with Gasteiger partial charge in [0.15, 0.2) is 0 Å². The van der Waals surface area contributed by atoms with E-state index >= 15 is 0 Å². The molecule has 4 aromatic rings. The second-order valence-electron chi connectivity index (χ2n) is 11.8. The van der Waals surface area contributed by atoms with Crippen LogP contribution in [0.3, 0.4) is 0 Å². The summed E-state index contributed by atoms with van der Waals surface area (Å²) in [5.41, 5.74) is 2.73. The number of carbonyl (C=O) groups is 2. The minimum absolute atomic E-state index is 0.00403. The van der Waals surface area contributed by atoms with Crippen LogP contribution >= 0.6 is 39.1 Å². The minimum Gasteiger partial charge on any atom is -0.352 e.